The minimum absolute atomic E-state index is 0.0123. The number of amidine groups is 1. The molecule has 1 aromatic rings. The molecule has 7 nitrogen and oxygen atoms in total. The molecule has 5 N–H and O–H groups in total. The number of nitrogens with one attached hydrogen (secondary N) is 2. The topological polar surface area (TPSA) is 113 Å². The maximum absolute atomic E-state index is 11.8. The largest absolute Gasteiger partial charge is 0.409 e. The zero-order valence-electron chi connectivity index (χ0n) is 11.3. The second kappa shape index (κ2) is 6.33. The summed E-state index contributed by atoms with van der Waals surface area (Å²) in [5.74, 6) is -0.0563. The lowest BCUT2D eigenvalue weighted by molar-refractivity contribution is -0.122. The van der Waals surface area contributed by atoms with Gasteiger partial charge in [-0.15, -0.1) is 0 Å². The second-order valence-electron chi connectivity index (χ2n) is 4.88. The van der Waals surface area contributed by atoms with Crippen LogP contribution in [0.15, 0.2) is 23.5 Å². The van der Waals surface area contributed by atoms with E-state index in [1.807, 2.05) is 6.07 Å². The van der Waals surface area contributed by atoms with Crippen LogP contribution in [0.1, 0.15) is 31.0 Å². The first-order valence-corrected chi connectivity index (χ1v) is 6.57. The van der Waals surface area contributed by atoms with E-state index >= 15 is 0 Å². The summed E-state index contributed by atoms with van der Waals surface area (Å²) in [6.07, 6.45) is 3.70. The summed E-state index contributed by atoms with van der Waals surface area (Å²) in [6, 6.07) is 3.62. The predicted octanol–water partition coefficient (Wildman–Crippen LogP) is -0.0672. The van der Waals surface area contributed by atoms with Crippen molar-refractivity contribution >= 4 is 11.7 Å². The van der Waals surface area contributed by atoms with E-state index in [0.29, 0.717) is 18.3 Å². The lowest BCUT2D eigenvalue weighted by Gasteiger charge is -2.14. The van der Waals surface area contributed by atoms with Crippen LogP contribution in [0.3, 0.4) is 0 Å². The van der Waals surface area contributed by atoms with Crippen molar-refractivity contribution in [3.63, 3.8) is 0 Å². The number of aromatic nitrogens is 1. The molecule has 0 spiro atoms. The van der Waals surface area contributed by atoms with Crippen LogP contribution in [-0.4, -0.2) is 34.0 Å². The Kier molecular flexibility index (Phi) is 4.52. The Bertz CT molecular complexity index is 513. The van der Waals surface area contributed by atoms with Gasteiger partial charge in [-0.3, -0.25) is 9.78 Å². The predicted molar refractivity (Wildman–Crippen MR) is 74.2 cm³/mol. The third-order valence-corrected chi connectivity index (χ3v) is 3.16. The number of hydrogen-bond acceptors (Lipinski definition) is 5. The number of carbonyl (C=O) groups excluding carboxylic acids is 1. The Morgan fingerprint density at radius 1 is 1.65 bits per heavy atom. The number of nitrogens with two attached hydrogens (primary N) is 1. The summed E-state index contributed by atoms with van der Waals surface area (Å²) in [5, 5.41) is 17.7. The summed E-state index contributed by atoms with van der Waals surface area (Å²) < 4.78 is 0. The van der Waals surface area contributed by atoms with Crippen molar-refractivity contribution in [2.45, 2.75) is 38.4 Å². The molecule has 108 valence electrons. The van der Waals surface area contributed by atoms with Crippen molar-refractivity contribution in [1.82, 2.24) is 15.6 Å². The van der Waals surface area contributed by atoms with Crippen LogP contribution >= 0.6 is 0 Å². The van der Waals surface area contributed by atoms with Crippen LogP contribution in [0.25, 0.3) is 0 Å². The minimum atomic E-state index is -0.309. The molecule has 1 heterocycles. The molecule has 1 fully saturated rings. The molecule has 0 saturated heterocycles. The SMILES string of the molecule is CC(NCc1cccnc1/C(N)=N/O)C(=O)NC1CC1. The van der Waals surface area contributed by atoms with Gasteiger partial charge in [0.05, 0.1) is 6.04 Å². The molecule has 1 amide bonds. The molecular weight excluding hydrogens is 258 g/mol. The summed E-state index contributed by atoms with van der Waals surface area (Å²) in [7, 11) is 0. The number of amides is 1. The van der Waals surface area contributed by atoms with Crippen molar-refractivity contribution in [2.24, 2.45) is 10.9 Å². The van der Waals surface area contributed by atoms with Crippen molar-refractivity contribution < 1.29 is 10.0 Å². The zero-order chi connectivity index (χ0) is 14.5. The van der Waals surface area contributed by atoms with Crippen LogP contribution in [0.2, 0.25) is 0 Å². The molecule has 7 heteroatoms. The Hall–Kier alpha value is -2.15. The van der Waals surface area contributed by atoms with Crippen molar-refractivity contribution in [2.75, 3.05) is 0 Å². The maximum Gasteiger partial charge on any atom is 0.237 e. The van der Waals surface area contributed by atoms with Gasteiger partial charge in [0, 0.05) is 18.8 Å². The van der Waals surface area contributed by atoms with Crippen LogP contribution < -0.4 is 16.4 Å². The molecule has 1 aliphatic rings. The first kappa shape index (κ1) is 14.3. The number of hydrogen-bond donors (Lipinski definition) is 4. The molecule has 1 saturated carbocycles. The third-order valence-electron chi connectivity index (χ3n) is 3.16. The molecule has 1 aliphatic carbocycles. The van der Waals surface area contributed by atoms with Crippen molar-refractivity contribution in [1.29, 1.82) is 0 Å². The highest BCUT2D eigenvalue weighted by Gasteiger charge is 2.25. The third kappa shape index (κ3) is 3.67. The molecular formula is C13H19N5O2. The molecule has 1 atom stereocenters. The molecule has 0 radical (unpaired) electrons. The number of carbonyl (C=O) groups is 1. The zero-order valence-corrected chi connectivity index (χ0v) is 11.3. The monoisotopic (exact) mass is 277 g/mol. The number of pyridine rings is 1. The van der Waals surface area contributed by atoms with Gasteiger partial charge < -0.3 is 21.6 Å². The van der Waals surface area contributed by atoms with Gasteiger partial charge in [-0.25, -0.2) is 0 Å². The Morgan fingerprint density at radius 3 is 3.05 bits per heavy atom. The lowest BCUT2D eigenvalue weighted by atomic mass is 10.1. The Balaban J connectivity index is 1.94. The van der Waals surface area contributed by atoms with Gasteiger partial charge >= 0.3 is 0 Å². The molecule has 0 bridgehead atoms. The molecule has 1 aromatic heterocycles. The summed E-state index contributed by atoms with van der Waals surface area (Å²) in [6.45, 7) is 2.22. The fraction of sp³-hybridized carbons (Fsp3) is 0.462. The van der Waals surface area contributed by atoms with Gasteiger partial charge in [0.15, 0.2) is 5.84 Å². The summed E-state index contributed by atoms with van der Waals surface area (Å²) in [4.78, 5) is 15.9. The van der Waals surface area contributed by atoms with E-state index in [1.165, 1.54) is 0 Å². The smallest absolute Gasteiger partial charge is 0.237 e. The van der Waals surface area contributed by atoms with Gasteiger partial charge in [-0.2, -0.15) is 0 Å². The van der Waals surface area contributed by atoms with Crippen molar-refractivity contribution in [3.8, 4) is 0 Å². The lowest BCUT2D eigenvalue weighted by Crippen LogP contribution is -2.42. The van der Waals surface area contributed by atoms with E-state index < -0.39 is 0 Å². The fourth-order valence-corrected chi connectivity index (χ4v) is 1.77. The van der Waals surface area contributed by atoms with E-state index in [-0.39, 0.29) is 17.8 Å². The van der Waals surface area contributed by atoms with Crippen LogP contribution in [0.5, 0.6) is 0 Å². The van der Waals surface area contributed by atoms with Crippen molar-refractivity contribution in [3.05, 3.63) is 29.6 Å². The van der Waals surface area contributed by atoms with E-state index in [9.17, 15) is 4.79 Å². The van der Waals surface area contributed by atoms with Gasteiger partial charge in [0.2, 0.25) is 5.91 Å². The van der Waals surface area contributed by atoms with E-state index in [0.717, 1.165) is 18.4 Å². The van der Waals surface area contributed by atoms with E-state index in [2.05, 4.69) is 20.8 Å². The first-order chi connectivity index (χ1) is 9.61. The van der Waals surface area contributed by atoms with E-state index in [1.54, 1.807) is 19.2 Å². The summed E-state index contributed by atoms with van der Waals surface area (Å²) >= 11 is 0. The van der Waals surface area contributed by atoms with Crippen LogP contribution in [-0.2, 0) is 11.3 Å². The normalized spacial score (nSPS) is 16.8. The molecule has 0 aliphatic heterocycles. The summed E-state index contributed by atoms with van der Waals surface area (Å²) in [5.41, 5.74) is 6.75. The quantitative estimate of drug-likeness (QED) is 0.252. The standard InChI is InChI=1S/C13H19N5O2/c1-8(13(19)17-10-4-5-10)16-7-9-3-2-6-15-11(9)12(14)18-20/h2-3,6,8,10,16,20H,4-5,7H2,1H3,(H2,14,18)(H,17,19). The number of oxime groups is 1. The van der Waals surface area contributed by atoms with Gasteiger partial charge in [-0.05, 0) is 31.4 Å². The highest BCUT2D eigenvalue weighted by molar-refractivity contribution is 5.96. The van der Waals surface area contributed by atoms with Crippen LogP contribution in [0.4, 0.5) is 0 Å². The molecule has 1 unspecified atom stereocenters. The van der Waals surface area contributed by atoms with Gasteiger partial charge in [0.1, 0.15) is 5.69 Å². The Labute approximate surface area is 117 Å². The van der Waals surface area contributed by atoms with Gasteiger partial charge in [0.25, 0.3) is 0 Å². The minimum Gasteiger partial charge on any atom is -0.409 e. The molecule has 2 rings (SSSR count). The molecule has 0 aromatic carbocycles. The Morgan fingerprint density at radius 2 is 2.40 bits per heavy atom. The fourth-order valence-electron chi connectivity index (χ4n) is 1.77. The molecule has 20 heavy (non-hydrogen) atoms. The highest BCUT2D eigenvalue weighted by Crippen LogP contribution is 2.18. The average Bonchev–Trinajstić information content (AvgIpc) is 3.28. The van der Waals surface area contributed by atoms with Gasteiger partial charge in [-0.1, -0.05) is 11.2 Å². The van der Waals surface area contributed by atoms with Crippen LogP contribution in [0, 0.1) is 0 Å². The number of nitrogens with zero attached hydrogens (tertiary/aromatic N) is 2. The highest BCUT2D eigenvalue weighted by atomic mass is 16.4. The van der Waals surface area contributed by atoms with E-state index in [4.69, 9.17) is 10.9 Å². The average molecular weight is 277 g/mol. The maximum atomic E-state index is 11.8. The first-order valence-electron chi connectivity index (χ1n) is 6.57. The number of rotatable bonds is 6. The second-order valence-corrected chi connectivity index (χ2v) is 4.88.